The van der Waals surface area contributed by atoms with Gasteiger partial charge in [0.1, 0.15) is 6.04 Å². The molecule has 4 rings (SSSR count). The molecule has 1 unspecified atom stereocenters. The number of sulfonamides is 1. The molecule has 1 N–H and O–H groups in total. The minimum Gasteiger partial charge on any atom is -0.354 e. The van der Waals surface area contributed by atoms with Gasteiger partial charge in [0.05, 0.1) is 11.4 Å². The third kappa shape index (κ3) is 7.60. The number of fused-ring (bicyclic) bond motifs is 1. The molecule has 0 bridgehead atoms. The van der Waals surface area contributed by atoms with Crippen LogP contribution in [0.3, 0.4) is 0 Å². The van der Waals surface area contributed by atoms with Crippen molar-refractivity contribution >= 4 is 32.6 Å². The maximum Gasteiger partial charge on any atom is 0.243 e. The predicted octanol–water partition coefficient (Wildman–Crippen LogP) is 4.94. The summed E-state index contributed by atoms with van der Waals surface area (Å²) in [6.07, 6.45) is 1.05. The molecule has 0 heterocycles. The Balaban J connectivity index is 1.65. The molecule has 0 aliphatic rings. The van der Waals surface area contributed by atoms with Crippen molar-refractivity contribution in [1.82, 2.24) is 14.5 Å². The van der Waals surface area contributed by atoms with Crippen molar-refractivity contribution in [2.45, 2.75) is 44.2 Å². The minimum absolute atomic E-state index is 0.109. The SMILES string of the molecule is CCCNC(=O)C(Cc1ccccc1)N(Cc1ccc(C)cc1)C(=O)CN(C)S(=O)(=O)c1ccc2ccccc2c1. The Morgan fingerprint density at radius 1 is 0.829 bits per heavy atom. The van der Waals surface area contributed by atoms with Gasteiger partial charge >= 0.3 is 0 Å². The lowest BCUT2D eigenvalue weighted by atomic mass is 10.0. The van der Waals surface area contributed by atoms with E-state index in [1.165, 1.54) is 11.9 Å². The van der Waals surface area contributed by atoms with Gasteiger partial charge in [-0.1, -0.05) is 97.4 Å². The molecular weight excluding hydrogens is 534 g/mol. The summed E-state index contributed by atoms with van der Waals surface area (Å²) in [5.74, 6) is -0.721. The Morgan fingerprint density at radius 3 is 2.17 bits per heavy atom. The van der Waals surface area contributed by atoms with E-state index < -0.39 is 28.5 Å². The molecule has 7 nitrogen and oxygen atoms in total. The van der Waals surface area contributed by atoms with Gasteiger partial charge in [0.2, 0.25) is 21.8 Å². The Hall–Kier alpha value is -4.01. The highest BCUT2D eigenvalue weighted by atomic mass is 32.2. The van der Waals surface area contributed by atoms with Crippen LogP contribution in [0, 0.1) is 6.92 Å². The first kappa shape index (κ1) is 30.0. The normalized spacial score (nSPS) is 12.3. The third-order valence-electron chi connectivity index (χ3n) is 7.08. The molecular formula is C33H37N3O4S. The lowest BCUT2D eigenvalue weighted by Gasteiger charge is -2.32. The lowest BCUT2D eigenvalue weighted by Crippen LogP contribution is -2.53. The fraction of sp³-hybridized carbons (Fsp3) is 0.273. The molecule has 4 aromatic rings. The van der Waals surface area contributed by atoms with Crippen molar-refractivity contribution in [1.29, 1.82) is 0 Å². The summed E-state index contributed by atoms with van der Waals surface area (Å²) < 4.78 is 28.1. The monoisotopic (exact) mass is 571 g/mol. The molecule has 1 atom stereocenters. The van der Waals surface area contributed by atoms with E-state index in [-0.39, 0.29) is 17.3 Å². The summed E-state index contributed by atoms with van der Waals surface area (Å²) in [5, 5.41) is 4.67. The van der Waals surface area contributed by atoms with E-state index in [4.69, 9.17) is 0 Å². The van der Waals surface area contributed by atoms with E-state index in [2.05, 4.69) is 5.32 Å². The molecule has 0 aliphatic carbocycles. The topological polar surface area (TPSA) is 86.8 Å². The first-order valence-corrected chi connectivity index (χ1v) is 15.2. The summed E-state index contributed by atoms with van der Waals surface area (Å²) in [4.78, 5) is 29.1. The van der Waals surface area contributed by atoms with Gasteiger partial charge in [-0.15, -0.1) is 0 Å². The van der Waals surface area contributed by atoms with Crippen molar-refractivity contribution in [3.63, 3.8) is 0 Å². The van der Waals surface area contributed by atoms with Crippen LogP contribution >= 0.6 is 0 Å². The molecule has 214 valence electrons. The molecule has 0 saturated heterocycles. The first-order chi connectivity index (χ1) is 19.7. The molecule has 0 aliphatic heterocycles. The third-order valence-corrected chi connectivity index (χ3v) is 8.88. The number of carbonyl (C=O) groups excluding carboxylic acids is 2. The highest BCUT2D eigenvalue weighted by molar-refractivity contribution is 7.89. The van der Waals surface area contributed by atoms with Gasteiger partial charge in [0.25, 0.3) is 0 Å². The molecule has 41 heavy (non-hydrogen) atoms. The van der Waals surface area contributed by atoms with Crippen LogP contribution in [-0.2, 0) is 32.6 Å². The van der Waals surface area contributed by atoms with Gasteiger partial charge in [0.15, 0.2) is 0 Å². The molecule has 4 aromatic carbocycles. The smallest absolute Gasteiger partial charge is 0.243 e. The summed E-state index contributed by atoms with van der Waals surface area (Å²) in [5.41, 5.74) is 2.84. The number of likely N-dealkylation sites (N-methyl/N-ethyl adjacent to an activating group) is 1. The van der Waals surface area contributed by atoms with Gasteiger partial charge < -0.3 is 10.2 Å². The number of carbonyl (C=O) groups is 2. The predicted molar refractivity (Wildman–Crippen MR) is 163 cm³/mol. The molecule has 0 radical (unpaired) electrons. The van der Waals surface area contributed by atoms with Crippen LogP contribution in [0.15, 0.2) is 102 Å². The molecule has 2 amide bonds. The average molecular weight is 572 g/mol. The standard InChI is InChI=1S/C33H37N3O4S/c1-4-20-34-33(38)31(21-26-10-6-5-7-11-26)36(23-27-16-14-25(2)15-17-27)32(37)24-35(3)41(39,40)30-19-18-28-12-8-9-13-29(28)22-30/h5-19,22,31H,4,20-21,23-24H2,1-3H3,(H,34,38). The van der Waals surface area contributed by atoms with Crippen molar-refractivity contribution in [2.24, 2.45) is 0 Å². The highest BCUT2D eigenvalue weighted by Crippen LogP contribution is 2.22. The zero-order valence-corrected chi connectivity index (χ0v) is 24.6. The molecule has 8 heteroatoms. The van der Waals surface area contributed by atoms with Gasteiger partial charge in [-0.2, -0.15) is 4.31 Å². The lowest BCUT2D eigenvalue weighted by molar-refractivity contribution is -0.141. The Morgan fingerprint density at radius 2 is 1.49 bits per heavy atom. The molecule has 0 saturated carbocycles. The van der Waals surface area contributed by atoms with E-state index in [0.717, 1.165) is 38.2 Å². The Labute approximate surface area is 242 Å². The number of amides is 2. The Bertz CT molecular complexity index is 1590. The number of nitrogens with one attached hydrogen (secondary N) is 1. The molecule has 0 fully saturated rings. The van der Waals surface area contributed by atoms with Crippen molar-refractivity contribution in [3.05, 3.63) is 114 Å². The van der Waals surface area contributed by atoms with Crippen LogP contribution in [-0.4, -0.2) is 55.6 Å². The fourth-order valence-corrected chi connectivity index (χ4v) is 5.84. The largest absolute Gasteiger partial charge is 0.354 e. The van der Waals surface area contributed by atoms with Crippen LogP contribution in [0.4, 0.5) is 0 Å². The highest BCUT2D eigenvalue weighted by Gasteiger charge is 2.33. The summed E-state index contributed by atoms with van der Waals surface area (Å²) in [6.45, 7) is 4.18. The van der Waals surface area contributed by atoms with Gasteiger partial charge in [-0.3, -0.25) is 9.59 Å². The molecule has 0 aromatic heterocycles. The maximum atomic E-state index is 14.0. The first-order valence-electron chi connectivity index (χ1n) is 13.8. The second-order valence-corrected chi connectivity index (χ2v) is 12.3. The number of rotatable bonds is 12. The number of hydrogen-bond donors (Lipinski definition) is 1. The van der Waals surface area contributed by atoms with Crippen LogP contribution in [0.25, 0.3) is 10.8 Å². The quantitative estimate of drug-likeness (QED) is 0.261. The number of hydrogen-bond acceptors (Lipinski definition) is 4. The number of nitrogens with zero attached hydrogens (tertiary/aromatic N) is 2. The summed E-state index contributed by atoms with van der Waals surface area (Å²) in [7, 11) is -2.57. The van der Waals surface area contributed by atoms with Crippen molar-refractivity contribution in [3.8, 4) is 0 Å². The van der Waals surface area contributed by atoms with Crippen molar-refractivity contribution in [2.75, 3.05) is 20.1 Å². The van der Waals surface area contributed by atoms with Crippen LogP contribution in [0.2, 0.25) is 0 Å². The van der Waals surface area contributed by atoms with E-state index in [1.807, 2.05) is 92.7 Å². The zero-order valence-electron chi connectivity index (χ0n) is 23.8. The average Bonchev–Trinajstić information content (AvgIpc) is 2.98. The van der Waals surface area contributed by atoms with Crippen LogP contribution in [0.5, 0.6) is 0 Å². The number of aryl methyl sites for hydroxylation is 1. The minimum atomic E-state index is -3.97. The van der Waals surface area contributed by atoms with Gasteiger partial charge in [-0.05, 0) is 47.4 Å². The summed E-state index contributed by atoms with van der Waals surface area (Å²) in [6, 6.07) is 28.9. The van der Waals surface area contributed by atoms with E-state index in [0.29, 0.717) is 13.0 Å². The Kier molecular flexibility index (Phi) is 9.91. The van der Waals surface area contributed by atoms with Gasteiger partial charge in [0, 0.05) is 26.6 Å². The second-order valence-electron chi connectivity index (χ2n) is 10.3. The second kappa shape index (κ2) is 13.6. The summed E-state index contributed by atoms with van der Waals surface area (Å²) >= 11 is 0. The van der Waals surface area contributed by atoms with E-state index in [1.54, 1.807) is 18.2 Å². The van der Waals surface area contributed by atoms with Gasteiger partial charge in [-0.25, -0.2) is 8.42 Å². The zero-order chi connectivity index (χ0) is 29.4. The maximum absolute atomic E-state index is 14.0. The van der Waals surface area contributed by atoms with Crippen LogP contribution in [0.1, 0.15) is 30.0 Å². The van der Waals surface area contributed by atoms with E-state index in [9.17, 15) is 18.0 Å². The number of benzene rings is 4. The van der Waals surface area contributed by atoms with E-state index >= 15 is 0 Å². The van der Waals surface area contributed by atoms with Crippen LogP contribution < -0.4 is 5.32 Å². The fourth-order valence-electron chi connectivity index (χ4n) is 4.68. The van der Waals surface area contributed by atoms with Crippen molar-refractivity contribution < 1.29 is 18.0 Å². The molecule has 0 spiro atoms.